The smallest absolute Gasteiger partial charge is 0.127 e. The van der Waals surface area contributed by atoms with Crippen LogP contribution in [-0.4, -0.2) is 17.1 Å². The zero-order valence-corrected chi connectivity index (χ0v) is 14.3. The second kappa shape index (κ2) is 6.79. The molecule has 3 aromatic carbocycles. The first-order chi connectivity index (χ1) is 11.1. The van der Waals surface area contributed by atoms with Crippen LogP contribution in [0.15, 0.2) is 54.6 Å². The molecular formula is C19H17Cl2NO. The summed E-state index contributed by atoms with van der Waals surface area (Å²) in [7, 11) is 1.99. The maximum absolute atomic E-state index is 10.5. The molecule has 0 amide bonds. The molecule has 4 heteroatoms. The molecule has 0 aliphatic heterocycles. The predicted molar refractivity (Wildman–Crippen MR) is 97.2 cm³/mol. The highest BCUT2D eigenvalue weighted by Gasteiger charge is 2.12. The summed E-state index contributed by atoms with van der Waals surface area (Å²) < 4.78 is 0. The monoisotopic (exact) mass is 345 g/mol. The van der Waals surface area contributed by atoms with E-state index in [0.717, 1.165) is 26.9 Å². The molecule has 0 spiro atoms. The van der Waals surface area contributed by atoms with Crippen molar-refractivity contribution in [2.75, 3.05) is 7.05 Å². The molecule has 0 atom stereocenters. The van der Waals surface area contributed by atoms with Gasteiger partial charge in [-0.2, -0.15) is 0 Å². The van der Waals surface area contributed by atoms with Gasteiger partial charge in [0.2, 0.25) is 0 Å². The van der Waals surface area contributed by atoms with E-state index in [4.69, 9.17) is 23.2 Å². The Kier molecular flexibility index (Phi) is 4.76. The van der Waals surface area contributed by atoms with Crippen LogP contribution >= 0.6 is 23.2 Å². The fraction of sp³-hybridized carbons (Fsp3) is 0.158. The van der Waals surface area contributed by atoms with E-state index in [2.05, 4.69) is 4.90 Å². The Balaban J connectivity index is 1.87. The third-order valence-corrected chi connectivity index (χ3v) is 4.56. The zero-order chi connectivity index (χ0) is 16.4. The van der Waals surface area contributed by atoms with Crippen molar-refractivity contribution in [2.24, 2.45) is 0 Å². The number of rotatable bonds is 4. The molecule has 3 rings (SSSR count). The molecule has 0 bridgehead atoms. The molecule has 0 unspecified atom stereocenters. The first kappa shape index (κ1) is 16.1. The summed E-state index contributed by atoms with van der Waals surface area (Å²) in [6.07, 6.45) is 0. The number of benzene rings is 3. The Hall–Kier alpha value is -1.74. The van der Waals surface area contributed by atoms with Crippen molar-refractivity contribution in [1.82, 2.24) is 4.90 Å². The van der Waals surface area contributed by atoms with Crippen LogP contribution in [0.25, 0.3) is 10.8 Å². The topological polar surface area (TPSA) is 23.5 Å². The maximum Gasteiger partial charge on any atom is 0.127 e. The number of aromatic hydroxyl groups is 1. The van der Waals surface area contributed by atoms with Crippen molar-refractivity contribution in [3.05, 3.63) is 75.8 Å². The van der Waals surface area contributed by atoms with E-state index in [-0.39, 0.29) is 5.75 Å². The Bertz CT molecular complexity index is 848. The van der Waals surface area contributed by atoms with Gasteiger partial charge < -0.3 is 5.11 Å². The van der Waals surface area contributed by atoms with Crippen molar-refractivity contribution >= 4 is 34.0 Å². The number of phenolic OH excluding ortho intramolecular Hbond substituents is 1. The lowest BCUT2D eigenvalue weighted by atomic mass is 10.0. The van der Waals surface area contributed by atoms with Gasteiger partial charge in [-0.3, -0.25) is 4.90 Å². The minimum atomic E-state index is 0.288. The molecule has 3 aromatic rings. The minimum absolute atomic E-state index is 0.288. The van der Waals surface area contributed by atoms with E-state index in [0.29, 0.717) is 18.1 Å². The van der Waals surface area contributed by atoms with E-state index in [9.17, 15) is 5.11 Å². The SMILES string of the molecule is CN(Cc1ccccc1Cl)Cc1cc(Cl)c2ccccc2c1O. The fourth-order valence-electron chi connectivity index (χ4n) is 2.75. The number of nitrogens with zero attached hydrogens (tertiary/aromatic N) is 1. The molecule has 1 N–H and O–H groups in total. The van der Waals surface area contributed by atoms with Gasteiger partial charge >= 0.3 is 0 Å². The third kappa shape index (κ3) is 3.45. The molecule has 0 aliphatic rings. The molecule has 23 heavy (non-hydrogen) atoms. The van der Waals surface area contributed by atoms with Crippen molar-refractivity contribution in [2.45, 2.75) is 13.1 Å². The van der Waals surface area contributed by atoms with E-state index in [1.807, 2.05) is 61.6 Å². The number of fused-ring (bicyclic) bond motifs is 1. The van der Waals surface area contributed by atoms with Gasteiger partial charge in [0.05, 0.1) is 0 Å². The van der Waals surface area contributed by atoms with E-state index >= 15 is 0 Å². The number of hydrogen-bond acceptors (Lipinski definition) is 2. The van der Waals surface area contributed by atoms with Crippen molar-refractivity contribution in [3.63, 3.8) is 0 Å². The molecule has 118 valence electrons. The van der Waals surface area contributed by atoms with Gasteiger partial charge in [-0.1, -0.05) is 65.7 Å². The van der Waals surface area contributed by atoms with Crippen LogP contribution in [0.4, 0.5) is 0 Å². The van der Waals surface area contributed by atoms with Gasteiger partial charge in [-0.05, 0) is 24.7 Å². The van der Waals surface area contributed by atoms with Crippen LogP contribution in [0.2, 0.25) is 10.0 Å². The third-order valence-electron chi connectivity index (χ3n) is 3.88. The minimum Gasteiger partial charge on any atom is -0.507 e. The Morgan fingerprint density at radius 1 is 0.826 bits per heavy atom. The lowest BCUT2D eigenvalue weighted by Crippen LogP contribution is -2.17. The summed E-state index contributed by atoms with van der Waals surface area (Å²) in [6.45, 7) is 1.28. The maximum atomic E-state index is 10.5. The highest BCUT2D eigenvalue weighted by Crippen LogP contribution is 2.35. The van der Waals surface area contributed by atoms with Gasteiger partial charge in [-0.15, -0.1) is 0 Å². The largest absolute Gasteiger partial charge is 0.507 e. The number of halogens is 2. The predicted octanol–water partition coefficient (Wildman–Crippen LogP) is 5.48. The Morgan fingerprint density at radius 2 is 1.43 bits per heavy atom. The zero-order valence-electron chi connectivity index (χ0n) is 12.8. The molecule has 0 aromatic heterocycles. The van der Waals surface area contributed by atoms with Gasteiger partial charge in [0.15, 0.2) is 0 Å². The first-order valence-electron chi connectivity index (χ1n) is 7.37. The molecular weight excluding hydrogens is 329 g/mol. The van der Waals surface area contributed by atoms with E-state index in [1.165, 1.54) is 0 Å². The van der Waals surface area contributed by atoms with Crippen LogP contribution in [0.1, 0.15) is 11.1 Å². The van der Waals surface area contributed by atoms with Gasteiger partial charge in [0.25, 0.3) is 0 Å². The van der Waals surface area contributed by atoms with Crippen molar-refractivity contribution in [3.8, 4) is 5.75 Å². The quantitative estimate of drug-likeness (QED) is 0.676. The molecule has 0 heterocycles. The van der Waals surface area contributed by atoms with Crippen LogP contribution in [0.3, 0.4) is 0 Å². The highest BCUT2D eigenvalue weighted by molar-refractivity contribution is 6.36. The van der Waals surface area contributed by atoms with Crippen LogP contribution in [-0.2, 0) is 13.1 Å². The second-order valence-corrected chi connectivity index (χ2v) is 6.49. The Morgan fingerprint density at radius 3 is 2.17 bits per heavy atom. The van der Waals surface area contributed by atoms with Crippen LogP contribution in [0.5, 0.6) is 5.75 Å². The van der Waals surface area contributed by atoms with E-state index in [1.54, 1.807) is 0 Å². The lowest BCUT2D eigenvalue weighted by molar-refractivity contribution is 0.313. The fourth-order valence-corrected chi connectivity index (χ4v) is 3.25. The van der Waals surface area contributed by atoms with Gasteiger partial charge in [0, 0.05) is 39.5 Å². The normalized spacial score (nSPS) is 11.3. The number of hydrogen-bond donors (Lipinski definition) is 1. The average molecular weight is 346 g/mol. The summed E-state index contributed by atoms with van der Waals surface area (Å²) in [6, 6.07) is 17.2. The molecule has 0 saturated heterocycles. The Labute approximate surface area is 145 Å². The highest BCUT2D eigenvalue weighted by atomic mass is 35.5. The van der Waals surface area contributed by atoms with Crippen LogP contribution < -0.4 is 0 Å². The standard InChI is InChI=1S/C19H17Cl2NO/c1-22(11-13-6-2-5-9-17(13)20)12-14-10-18(21)15-7-3-4-8-16(15)19(14)23/h2-10,23H,11-12H2,1H3. The summed E-state index contributed by atoms with van der Waals surface area (Å²) in [4.78, 5) is 2.10. The van der Waals surface area contributed by atoms with Crippen LogP contribution in [0, 0.1) is 0 Å². The lowest BCUT2D eigenvalue weighted by Gasteiger charge is -2.19. The molecule has 0 radical (unpaired) electrons. The first-order valence-corrected chi connectivity index (χ1v) is 8.13. The number of phenols is 1. The van der Waals surface area contributed by atoms with Crippen molar-refractivity contribution in [1.29, 1.82) is 0 Å². The van der Waals surface area contributed by atoms with Gasteiger partial charge in [0.1, 0.15) is 5.75 Å². The van der Waals surface area contributed by atoms with Crippen molar-refractivity contribution < 1.29 is 5.11 Å². The summed E-state index contributed by atoms with van der Waals surface area (Å²) >= 11 is 12.6. The molecule has 0 saturated carbocycles. The molecule has 0 aliphatic carbocycles. The average Bonchev–Trinajstić information content (AvgIpc) is 2.54. The molecule has 2 nitrogen and oxygen atoms in total. The summed E-state index contributed by atoms with van der Waals surface area (Å²) in [5.74, 6) is 0.288. The molecule has 0 fully saturated rings. The van der Waals surface area contributed by atoms with Gasteiger partial charge in [-0.25, -0.2) is 0 Å². The second-order valence-electron chi connectivity index (χ2n) is 5.68. The summed E-state index contributed by atoms with van der Waals surface area (Å²) in [5, 5.41) is 13.6. The van der Waals surface area contributed by atoms with E-state index < -0.39 is 0 Å². The summed E-state index contributed by atoms with van der Waals surface area (Å²) in [5.41, 5.74) is 1.87.